The largest absolute Gasteiger partial charge is 0.353 e. The predicted molar refractivity (Wildman–Crippen MR) is 129 cm³/mol. The Hall–Kier alpha value is -2.59. The highest BCUT2D eigenvalue weighted by molar-refractivity contribution is 7.99. The number of anilines is 2. The van der Waals surface area contributed by atoms with Crippen LogP contribution in [0.3, 0.4) is 0 Å². The number of nitrogens with one attached hydrogen (secondary N) is 2. The molecule has 1 aliphatic heterocycles. The lowest BCUT2D eigenvalue weighted by molar-refractivity contribution is -0.113. The smallest absolute Gasteiger partial charge is 0.318 e. The molecule has 0 saturated carbocycles. The lowest BCUT2D eigenvalue weighted by atomic mass is 10.1. The van der Waals surface area contributed by atoms with Gasteiger partial charge in [-0.2, -0.15) is 0 Å². The van der Waals surface area contributed by atoms with E-state index < -0.39 is 5.82 Å². The van der Waals surface area contributed by atoms with Crippen LogP contribution in [0.15, 0.2) is 35.5 Å². The topological polar surface area (TPSA) is 90.5 Å². The van der Waals surface area contributed by atoms with Crippen molar-refractivity contribution in [1.29, 1.82) is 0 Å². The zero-order valence-corrected chi connectivity index (χ0v) is 20.6. The summed E-state index contributed by atoms with van der Waals surface area (Å²) in [5.74, 6) is -0.232. The van der Waals surface area contributed by atoms with E-state index in [0.29, 0.717) is 30.6 Å². The fraction of sp³-hybridized carbons (Fsp3) is 0.455. The van der Waals surface area contributed by atoms with Gasteiger partial charge in [-0.25, -0.2) is 19.2 Å². The minimum Gasteiger partial charge on any atom is -0.353 e. The molecule has 2 heterocycles. The minimum atomic E-state index is -0.499. The van der Waals surface area contributed by atoms with E-state index in [1.54, 1.807) is 18.2 Å². The fourth-order valence-electron chi connectivity index (χ4n) is 3.35. The molecule has 1 fully saturated rings. The number of hydrogen-bond donors (Lipinski definition) is 2. The summed E-state index contributed by atoms with van der Waals surface area (Å²) in [6.45, 7) is 9.55. The van der Waals surface area contributed by atoms with Crippen molar-refractivity contribution >= 4 is 46.8 Å². The van der Waals surface area contributed by atoms with Crippen LogP contribution in [0.4, 0.5) is 20.7 Å². The number of rotatable bonds is 5. The summed E-state index contributed by atoms with van der Waals surface area (Å²) in [6, 6.07) is 7.52. The molecule has 1 aromatic heterocycles. The molecule has 1 atom stereocenters. The van der Waals surface area contributed by atoms with Crippen LogP contribution < -0.4 is 15.5 Å². The van der Waals surface area contributed by atoms with Gasteiger partial charge in [0, 0.05) is 37.3 Å². The highest BCUT2D eigenvalue weighted by Crippen LogP contribution is 2.24. The zero-order valence-electron chi connectivity index (χ0n) is 19.1. The number of thioether (sulfide) groups is 1. The molecular weight excluding hydrogens is 467 g/mol. The SMILES string of the molecule is CC1CN(c2cc(Cl)nc(SCC(=O)Nc3ccccc3F)n2)CCN1C(=O)NC(C)(C)C. The summed E-state index contributed by atoms with van der Waals surface area (Å²) in [5.41, 5.74) is -0.183. The van der Waals surface area contributed by atoms with Crippen molar-refractivity contribution in [2.24, 2.45) is 0 Å². The maximum absolute atomic E-state index is 13.7. The van der Waals surface area contributed by atoms with Crippen LogP contribution >= 0.6 is 23.4 Å². The molecule has 33 heavy (non-hydrogen) atoms. The van der Waals surface area contributed by atoms with Crippen LogP contribution in [0.1, 0.15) is 27.7 Å². The third kappa shape index (κ3) is 7.20. The maximum atomic E-state index is 13.7. The Morgan fingerprint density at radius 1 is 1.24 bits per heavy atom. The van der Waals surface area contributed by atoms with Gasteiger partial charge < -0.3 is 20.4 Å². The quantitative estimate of drug-likeness (QED) is 0.370. The molecule has 0 aliphatic carbocycles. The highest BCUT2D eigenvalue weighted by Gasteiger charge is 2.30. The second-order valence-corrected chi connectivity index (χ2v) is 10.1. The average Bonchev–Trinajstić information content (AvgIpc) is 2.72. The molecule has 3 amide bonds. The second-order valence-electron chi connectivity index (χ2n) is 8.82. The Morgan fingerprint density at radius 3 is 2.64 bits per heavy atom. The van der Waals surface area contributed by atoms with E-state index >= 15 is 0 Å². The molecule has 1 saturated heterocycles. The third-order valence-corrected chi connectivity index (χ3v) is 5.88. The van der Waals surface area contributed by atoms with E-state index in [1.807, 2.05) is 37.5 Å². The van der Waals surface area contributed by atoms with E-state index in [4.69, 9.17) is 11.6 Å². The van der Waals surface area contributed by atoms with E-state index in [0.717, 1.165) is 11.8 Å². The summed E-state index contributed by atoms with van der Waals surface area (Å²) in [4.78, 5) is 37.4. The van der Waals surface area contributed by atoms with Crippen molar-refractivity contribution in [3.05, 3.63) is 41.3 Å². The molecule has 1 aromatic carbocycles. The molecule has 3 rings (SSSR count). The van der Waals surface area contributed by atoms with Gasteiger partial charge in [0.1, 0.15) is 16.8 Å². The van der Waals surface area contributed by atoms with Crippen molar-refractivity contribution in [3.63, 3.8) is 0 Å². The molecule has 8 nitrogen and oxygen atoms in total. The average molecular weight is 495 g/mol. The van der Waals surface area contributed by atoms with Crippen LogP contribution in [0.25, 0.3) is 0 Å². The summed E-state index contributed by atoms with van der Waals surface area (Å²) in [5, 5.41) is 6.14. The number of carbonyl (C=O) groups is 2. The molecule has 11 heteroatoms. The first kappa shape index (κ1) is 25.0. The highest BCUT2D eigenvalue weighted by atomic mass is 35.5. The maximum Gasteiger partial charge on any atom is 0.318 e. The number of nitrogens with zero attached hydrogens (tertiary/aromatic N) is 4. The van der Waals surface area contributed by atoms with Crippen LogP contribution in [0, 0.1) is 5.82 Å². The Labute approximate surface area is 202 Å². The second kappa shape index (κ2) is 10.6. The normalized spacial score (nSPS) is 16.5. The van der Waals surface area contributed by atoms with E-state index in [2.05, 4.69) is 20.6 Å². The Kier molecular flexibility index (Phi) is 8.01. The van der Waals surface area contributed by atoms with E-state index in [-0.39, 0.29) is 40.1 Å². The third-order valence-electron chi connectivity index (χ3n) is 4.84. The minimum absolute atomic E-state index is 0.00523. The molecule has 178 valence electrons. The Balaban J connectivity index is 1.60. The first-order chi connectivity index (χ1) is 15.5. The number of hydrogen-bond acceptors (Lipinski definition) is 6. The van der Waals surface area contributed by atoms with E-state index in [1.165, 1.54) is 12.1 Å². The van der Waals surface area contributed by atoms with Crippen molar-refractivity contribution < 1.29 is 14.0 Å². The van der Waals surface area contributed by atoms with Gasteiger partial charge in [-0.05, 0) is 39.8 Å². The number of para-hydroxylation sites is 1. The molecular formula is C22H28ClFN6O2S. The number of amides is 3. The first-order valence-corrected chi connectivity index (χ1v) is 11.9. The number of carbonyl (C=O) groups excluding carboxylic acids is 2. The molecule has 0 spiro atoms. The van der Waals surface area contributed by atoms with Crippen LogP contribution in [-0.2, 0) is 4.79 Å². The van der Waals surface area contributed by atoms with E-state index in [9.17, 15) is 14.0 Å². The zero-order chi connectivity index (χ0) is 24.2. The molecule has 2 N–H and O–H groups in total. The van der Waals surface area contributed by atoms with Gasteiger partial charge in [-0.1, -0.05) is 35.5 Å². The first-order valence-electron chi connectivity index (χ1n) is 10.6. The van der Waals surface area contributed by atoms with Crippen LogP contribution in [0.5, 0.6) is 0 Å². The summed E-state index contributed by atoms with van der Waals surface area (Å²) in [6.07, 6.45) is 0. The summed E-state index contributed by atoms with van der Waals surface area (Å²) >= 11 is 7.32. The predicted octanol–water partition coefficient (Wildman–Crippen LogP) is 4.02. The van der Waals surface area contributed by atoms with Crippen molar-refractivity contribution in [2.45, 2.75) is 44.4 Å². The number of aromatic nitrogens is 2. The van der Waals surface area contributed by atoms with Crippen LogP contribution in [0.2, 0.25) is 5.15 Å². The fourth-order valence-corrected chi connectivity index (χ4v) is 4.23. The number of benzene rings is 1. The number of urea groups is 1. The van der Waals surface area contributed by atoms with Gasteiger partial charge in [-0.3, -0.25) is 4.79 Å². The Morgan fingerprint density at radius 2 is 1.97 bits per heavy atom. The monoisotopic (exact) mass is 494 g/mol. The van der Waals surface area contributed by atoms with Gasteiger partial charge in [0.05, 0.1) is 11.4 Å². The molecule has 0 bridgehead atoms. The molecule has 2 aromatic rings. The van der Waals surface area contributed by atoms with Gasteiger partial charge in [-0.15, -0.1) is 0 Å². The van der Waals surface area contributed by atoms with Crippen molar-refractivity contribution in [3.8, 4) is 0 Å². The lowest BCUT2D eigenvalue weighted by Crippen LogP contribution is -2.59. The summed E-state index contributed by atoms with van der Waals surface area (Å²) < 4.78 is 13.7. The van der Waals surface area contributed by atoms with Crippen molar-refractivity contribution in [2.75, 3.05) is 35.6 Å². The number of piperazine rings is 1. The van der Waals surface area contributed by atoms with Crippen molar-refractivity contribution in [1.82, 2.24) is 20.2 Å². The van der Waals surface area contributed by atoms with Gasteiger partial charge in [0.2, 0.25) is 5.91 Å². The number of halogens is 2. The Bertz CT molecular complexity index is 1020. The lowest BCUT2D eigenvalue weighted by Gasteiger charge is -2.41. The standard InChI is InChI=1S/C22H28ClFN6O2S/c1-14-12-29(9-10-30(14)21(32)28-22(2,3)4)18-11-17(23)26-20(27-18)33-13-19(31)25-16-8-6-5-7-15(16)24/h5-8,11,14H,9-10,12-13H2,1-4H3,(H,25,31)(H,28,32). The molecule has 1 unspecified atom stereocenters. The van der Waals surface area contributed by atoms with Gasteiger partial charge >= 0.3 is 6.03 Å². The van der Waals surface area contributed by atoms with Gasteiger partial charge in [0.25, 0.3) is 0 Å². The van der Waals surface area contributed by atoms with Crippen LogP contribution in [-0.4, -0.2) is 63.8 Å². The molecule has 0 radical (unpaired) electrons. The van der Waals surface area contributed by atoms with Gasteiger partial charge in [0.15, 0.2) is 5.16 Å². The summed E-state index contributed by atoms with van der Waals surface area (Å²) in [7, 11) is 0. The molecule has 1 aliphatic rings.